The number of nitrogens with zero attached hydrogens (tertiary/aromatic N) is 4. The number of para-hydroxylation sites is 1. The zero-order valence-corrected chi connectivity index (χ0v) is 11.0. The van der Waals surface area contributed by atoms with E-state index in [0.717, 1.165) is 0 Å². The first-order chi connectivity index (χ1) is 9.58. The Bertz CT molecular complexity index is 694. The summed E-state index contributed by atoms with van der Waals surface area (Å²) in [5.41, 5.74) is 1.27. The molecule has 1 unspecified atom stereocenters. The molecule has 0 bridgehead atoms. The maximum Gasteiger partial charge on any atom is 0.337 e. The molecule has 1 atom stereocenters. The minimum atomic E-state index is -1.00. The maximum atomic E-state index is 11.5. The molecule has 1 aliphatic heterocycles. The minimum absolute atomic E-state index is 0.0387. The van der Waals surface area contributed by atoms with Crippen LogP contribution in [0.2, 0.25) is 0 Å². The molecule has 20 heavy (non-hydrogen) atoms. The number of amides is 1. The van der Waals surface area contributed by atoms with Crippen molar-refractivity contribution in [2.75, 3.05) is 13.6 Å². The van der Waals surface area contributed by atoms with Gasteiger partial charge in [0.05, 0.1) is 11.6 Å². The van der Waals surface area contributed by atoms with E-state index < -0.39 is 5.97 Å². The van der Waals surface area contributed by atoms with Gasteiger partial charge in [0.1, 0.15) is 11.0 Å². The number of carbonyl (C=O) groups is 2. The summed E-state index contributed by atoms with van der Waals surface area (Å²) in [6.07, 6.45) is 1.09. The number of fused-ring (bicyclic) bond motifs is 1. The van der Waals surface area contributed by atoms with Crippen molar-refractivity contribution >= 4 is 22.9 Å². The number of benzene rings is 1. The van der Waals surface area contributed by atoms with Gasteiger partial charge in [-0.3, -0.25) is 4.79 Å². The summed E-state index contributed by atoms with van der Waals surface area (Å²) >= 11 is 0. The predicted octanol–water partition coefficient (Wildman–Crippen LogP) is 0.923. The quantitative estimate of drug-likeness (QED) is 0.879. The van der Waals surface area contributed by atoms with E-state index in [1.807, 2.05) is 0 Å². The van der Waals surface area contributed by atoms with Crippen LogP contribution in [0.25, 0.3) is 11.0 Å². The lowest BCUT2D eigenvalue weighted by Gasteiger charge is -2.29. The Kier molecular flexibility index (Phi) is 2.89. The van der Waals surface area contributed by atoms with E-state index >= 15 is 0 Å². The second-order valence-corrected chi connectivity index (χ2v) is 4.98. The number of rotatable bonds is 2. The van der Waals surface area contributed by atoms with Crippen LogP contribution in [0.5, 0.6) is 0 Å². The number of carbonyl (C=O) groups excluding carboxylic acids is 1. The molecule has 1 saturated heterocycles. The van der Waals surface area contributed by atoms with Crippen molar-refractivity contribution in [2.24, 2.45) is 0 Å². The number of likely N-dealkylation sites (tertiary alicyclic amines) is 1. The summed E-state index contributed by atoms with van der Waals surface area (Å²) in [6, 6.07) is 4.90. The highest BCUT2D eigenvalue weighted by molar-refractivity contribution is 6.00. The van der Waals surface area contributed by atoms with Crippen LogP contribution in [-0.2, 0) is 4.79 Å². The molecular weight excluding hydrogens is 260 g/mol. The van der Waals surface area contributed by atoms with E-state index in [-0.39, 0.29) is 17.5 Å². The van der Waals surface area contributed by atoms with Crippen molar-refractivity contribution in [3.63, 3.8) is 0 Å². The zero-order chi connectivity index (χ0) is 14.3. The summed E-state index contributed by atoms with van der Waals surface area (Å²) in [5.74, 6) is -0.900. The normalized spacial score (nSPS) is 19.6. The first-order valence-electron chi connectivity index (χ1n) is 6.39. The number of aromatic carboxylic acids is 1. The summed E-state index contributed by atoms with van der Waals surface area (Å²) in [5, 5.41) is 17.4. The molecule has 2 heterocycles. The van der Waals surface area contributed by atoms with E-state index in [1.165, 1.54) is 0 Å². The first kappa shape index (κ1) is 12.6. The van der Waals surface area contributed by atoms with Gasteiger partial charge in [0.25, 0.3) is 0 Å². The molecule has 0 saturated carbocycles. The summed E-state index contributed by atoms with van der Waals surface area (Å²) in [7, 11) is 1.74. The second kappa shape index (κ2) is 4.59. The largest absolute Gasteiger partial charge is 0.478 e. The Morgan fingerprint density at radius 1 is 1.45 bits per heavy atom. The number of aromatic nitrogens is 3. The lowest BCUT2D eigenvalue weighted by atomic mass is 10.0. The fourth-order valence-electron chi connectivity index (χ4n) is 2.61. The van der Waals surface area contributed by atoms with Crippen LogP contribution >= 0.6 is 0 Å². The first-order valence-corrected chi connectivity index (χ1v) is 6.39. The van der Waals surface area contributed by atoms with Crippen molar-refractivity contribution in [3.05, 3.63) is 23.8 Å². The third-order valence-corrected chi connectivity index (χ3v) is 3.67. The second-order valence-electron chi connectivity index (χ2n) is 4.98. The molecule has 0 aliphatic carbocycles. The molecule has 1 aromatic heterocycles. The Morgan fingerprint density at radius 2 is 2.25 bits per heavy atom. The molecule has 3 rings (SSSR count). The Balaban J connectivity index is 2.08. The Labute approximate surface area is 114 Å². The van der Waals surface area contributed by atoms with E-state index in [4.69, 9.17) is 0 Å². The molecule has 1 amide bonds. The van der Waals surface area contributed by atoms with Gasteiger partial charge in [-0.25, -0.2) is 9.48 Å². The van der Waals surface area contributed by atoms with Crippen molar-refractivity contribution in [1.29, 1.82) is 0 Å². The molecule has 7 nitrogen and oxygen atoms in total. The standard InChI is InChI=1S/C13H14N4O3/c1-16-7-8(5-6-11(16)18)17-12-9(13(19)20)3-2-4-10(12)14-15-17/h2-4,8H,5-7H2,1H3,(H,19,20). The maximum absolute atomic E-state index is 11.5. The topological polar surface area (TPSA) is 88.3 Å². The van der Waals surface area contributed by atoms with Crippen LogP contribution in [0.15, 0.2) is 18.2 Å². The smallest absolute Gasteiger partial charge is 0.337 e. The predicted molar refractivity (Wildman–Crippen MR) is 70.4 cm³/mol. The average molecular weight is 274 g/mol. The zero-order valence-electron chi connectivity index (χ0n) is 11.0. The SMILES string of the molecule is CN1CC(n2nnc3cccc(C(=O)O)c32)CCC1=O. The molecule has 0 spiro atoms. The van der Waals surface area contributed by atoms with E-state index in [2.05, 4.69) is 10.3 Å². The molecule has 1 fully saturated rings. The molecule has 2 aromatic rings. The van der Waals surface area contributed by atoms with Gasteiger partial charge in [-0.15, -0.1) is 5.10 Å². The highest BCUT2D eigenvalue weighted by atomic mass is 16.4. The Morgan fingerprint density at radius 3 is 2.95 bits per heavy atom. The molecule has 0 radical (unpaired) electrons. The molecule has 7 heteroatoms. The highest BCUT2D eigenvalue weighted by Gasteiger charge is 2.27. The van der Waals surface area contributed by atoms with Gasteiger partial charge in [0, 0.05) is 20.0 Å². The number of likely N-dealkylation sites (N-methyl/N-ethyl adjacent to an activating group) is 1. The average Bonchev–Trinajstić information content (AvgIpc) is 2.85. The summed E-state index contributed by atoms with van der Waals surface area (Å²) in [6.45, 7) is 0.519. The number of piperidine rings is 1. The van der Waals surface area contributed by atoms with Gasteiger partial charge in [-0.2, -0.15) is 0 Å². The van der Waals surface area contributed by atoms with Crippen molar-refractivity contribution in [1.82, 2.24) is 19.9 Å². The van der Waals surface area contributed by atoms with Gasteiger partial charge in [0.15, 0.2) is 0 Å². The summed E-state index contributed by atoms with van der Waals surface area (Å²) < 4.78 is 1.64. The van der Waals surface area contributed by atoms with Crippen LogP contribution in [0, 0.1) is 0 Å². The van der Waals surface area contributed by atoms with E-state index in [9.17, 15) is 14.7 Å². The van der Waals surface area contributed by atoms with Crippen LogP contribution < -0.4 is 0 Å². The van der Waals surface area contributed by atoms with Crippen molar-refractivity contribution in [2.45, 2.75) is 18.9 Å². The Hall–Kier alpha value is -2.44. The molecule has 1 aliphatic rings. The number of hydrogen-bond donors (Lipinski definition) is 1. The number of hydrogen-bond acceptors (Lipinski definition) is 4. The van der Waals surface area contributed by atoms with Crippen LogP contribution in [-0.4, -0.2) is 50.5 Å². The van der Waals surface area contributed by atoms with Gasteiger partial charge in [-0.1, -0.05) is 11.3 Å². The van der Waals surface area contributed by atoms with Gasteiger partial charge < -0.3 is 10.0 Å². The van der Waals surface area contributed by atoms with Crippen LogP contribution in [0.4, 0.5) is 0 Å². The fourth-order valence-corrected chi connectivity index (χ4v) is 2.61. The lowest BCUT2D eigenvalue weighted by Crippen LogP contribution is -2.38. The van der Waals surface area contributed by atoms with Crippen LogP contribution in [0.1, 0.15) is 29.2 Å². The fraction of sp³-hybridized carbons (Fsp3) is 0.385. The van der Waals surface area contributed by atoms with E-state index in [0.29, 0.717) is 30.4 Å². The molecular formula is C13H14N4O3. The van der Waals surface area contributed by atoms with Crippen LogP contribution in [0.3, 0.4) is 0 Å². The lowest BCUT2D eigenvalue weighted by molar-refractivity contribution is -0.133. The third-order valence-electron chi connectivity index (χ3n) is 3.67. The van der Waals surface area contributed by atoms with Gasteiger partial charge in [0.2, 0.25) is 5.91 Å². The van der Waals surface area contributed by atoms with E-state index in [1.54, 1.807) is 34.8 Å². The number of carboxylic acids is 1. The molecule has 104 valence electrons. The minimum Gasteiger partial charge on any atom is -0.478 e. The number of carboxylic acid groups (broad SMARTS) is 1. The monoisotopic (exact) mass is 274 g/mol. The molecule has 1 aromatic carbocycles. The highest BCUT2D eigenvalue weighted by Crippen LogP contribution is 2.26. The van der Waals surface area contributed by atoms with Gasteiger partial charge >= 0.3 is 5.97 Å². The third kappa shape index (κ3) is 1.91. The van der Waals surface area contributed by atoms with Crippen molar-refractivity contribution in [3.8, 4) is 0 Å². The molecule has 1 N–H and O–H groups in total. The van der Waals surface area contributed by atoms with Crippen molar-refractivity contribution < 1.29 is 14.7 Å². The van der Waals surface area contributed by atoms with Gasteiger partial charge in [-0.05, 0) is 18.6 Å². The summed E-state index contributed by atoms with van der Waals surface area (Å²) in [4.78, 5) is 24.5.